The van der Waals surface area contributed by atoms with Gasteiger partial charge in [-0.25, -0.2) is 4.39 Å². The highest BCUT2D eigenvalue weighted by Gasteiger charge is 2.18. The first-order valence-electron chi connectivity index (χ1n) is 5.99. The first-order chi connectivity index (χ1) is 10.9. The fourth-order valence-electron chi connectivity index (χ4n) is 1.71. The van der Waals surface area contributed by atoms with Crippen LogP contribution in [0.4, 0.5) is 10.4 Å². The summed E-state index contributed by atoms with van der Waals surface area (Å²) in [5.41, 5.74) is 0.541. The molecule has 2 aromatic heterocycles. The van der Waals surface area contributed by atoms with Crippen LogP contribution in [0.5, 0.6) is 0 Å². The van der Waals surface area contributed by atoms with Gasteiger partial charge in [-0.1, -0.05) is 39.9 Å². The van der Waals surface area contributed by atoms with Crippen LogP contribution < -0.4 is 5.32 Å². The van der Waals surface area contributed by atoms with E-state index < -0.39 is 11.7 Å². The Balaban J connectivity index is 1.81. The van der Waals surface area contributed by atoms with Crippen LogP contribution in [0.1, 0.15) is 10.4 Å². The van der Waals surface area contributed by atoms with Gasteiger partial charge in [-0.05, 0) is 24.3 Å². The summed E-state index contributed by atoms with van der Waals surface area (Å²) >= 11 is 18.8. The lowest BCUT2D eigenvalue weighted by Crippen LogP contribution is -2.12. The van der Waals surface area contributed by atoms with Crippen LogP contribution >= 0.6 is 46.1 Å². The zero-order chi connectivity index (χ0) is 16.6. The van der Waals surface area contributed by atoms with E-state index >= 15 is 0 Å². The van der Waals surface area contributed by atoms with E-state index in [-0.39, 0.29) is 22.5 Å². The summed E-state index contributed by atoms with van der Waals surface area (Å²) in [6.45, 7) is 0. The maximum absolute atomic E-state index is 13.0. The third-order valence-corrected chi connectivity index (χ3v) is 4.51. The number of thiophene rings is 1. The highest BCUT2D eigenvalue weighted by Crippen LogP contribution is 2.37. The predicted octanol–water partition coefficient (Wildman–Crippen LogP) is 5.15. The van der Waals surface area contributed by atoms with Gasteiger partial charge in [0, 0.05) is 0 Å². The lowest BCUT2D eigenvalue weighted by atomic mass is 10.2. The molecule has 2 heterocycles. The summed E-state index contributed by atoms with van der Waals surface area (Å²) in [6.07, 6.45) is 0. The molecule has 0 aliphatic carbocycles. The molecule has 118 valence electrons. The smallest absolute Gasteiger partial charge is 0.322 e. The van der Waals surface area contributed by atoms with Crippen molar-refractivity contribution < 1.29 is 13.6 Å². The Bertz CT molecular complexity index is 896. The van der Waals surface area contributed by atoms with Crippen LogP contribution in [0.25, 0.3) is 11.5 Å². The third-order valence-electron chi connectivity index (χ3n) is 2.71. The number of carbonyl (C=O) groups is 1. The second-order valence-corrected chi connectivity index (χ2v) is 6.92. The van der Waals surface area contributed by atoms with Crippen LogP contribution in [0.3, 0.4) is 0 Å². The van der Waals surface area contributed by atoms with Crippen molar-refractivity contribution in [3.8, 4) is 11.5 Å². The lowest BCUT2D eigenvalue weighted by molar-refractivity contribution is 0.102. The van der Waals surface area contributed by atoms with Crippen molar-refractivity contribution in [2.45, 2.75) is 0 Å². The lowest BCUT2D eigenvalue weighted by Gasteiger charge is -2.02. The van der Waals surface area contributed by atoms with Crippen LogP contribution in [-0.2, 0) is 0 Å². The topological polar surface area (TPSA) is 68.0 Å². The molecule has 0 bridgehead atoms. The van der Waals surface area contributed by atoms with E-state index in [2.05, 4.69) is 15.5 Å². The number of nitrogens with zero attached hydrogens (tertiary/aromatic N) is 2. The van der Waals surface area contributed by atoms with Crippen molar-refractivity contribution in [1.82, 2.24) is 10.2 Å². The monoisotopic (exact) mass is 391 g/mol. The van der Waals surface area contributed by atoms with Gasteiger partial charge < -0.3 is 4.42 Å². The van der Waals surface area contributed by atoms with Gasteiger partial charge >= 0.3 is 6.01 Å². The highest BCUT2D eigenvalue weighted by atomic mass is 35.5. The van der Waals surface area contributed by atoms with E-state index in [4.69, 9.17) is 39.2 Å². The van der Waals surface area contributed by atoms with Crippen molar-refractivity contribution in [3.05, 3.63) is 49.3 Å². The summed E-state index contributed by atoms with van der Waals surface area (Å²) in [5, 5.41) is 9.82. The number of anilines is 1. The fraction of sp³-hybridized carbons (Fsp3) is 0. The maximum Gasteiger partial charge on any atom is 0.322 e. The molecule has 3 aromatic rings. The largest absolute Gasteiger partial charge is 0.403 e. The summed E-state index contributed by atoms with van der Waals surface area (Å²) < 4.78 is 19.2. The van der Waals surface area contributed by atoms with Gasteiger partial charge in [-0.2, -0.15) is 0 Å². The number of halogens is 4. The molecule has 0 aliphatic heterocycles. The maximum atomic E-state index is 13.0. The van der Waals surface area contributed by atoms with Crippen molar-refractivity contribution in [2.24, 2.45) is 0 Å². The number of amides is 1. The first kappa shape index (κ1) is 16.2. The summed E-state index contributed by atoms with van der Waals surface area (Å²) in [4.78, 5) is 12.1. The molecule has 0 aliphatic rings. The minimum atomic E-state index is -0.611. The Morgan fingerprint density at radius 2 is 2.00 bits per heavy atom. The second kappa shape index (κ2) is 6.45. The van der Waals surface area contributed by atoms with E-state index in [1.54, 1.807) is 6.07 Å². The minimum absolute atomic E-state index is 0.0325. The van der Waals surface area contributed by atoms with Gasteiger partial charge in [0.25, 0.3) is 11.8 Å². The van der Waals surface area contributed by atoms with E-state index in [9.17, 15) is 9.18 Å². The number of rotatable bonds is 3. The quantitative estimate of drug-likeness (QED) is 0.669. The van der Waals surface area contributed by atoms with Gasteiger partial charge in [-0.3, -0.25) is 10.1 Å². The molecule has 0 spiro atoms. The van der Waals surface area contributed by atoms with Crippen LogP contribution in [0.2, 0.25) is 13.7 Å². The minimum Gasteiger partial charge on any atom is -0.403 e. The van der Waals surface area contributed by atoms with Gasteiger partial charge in [0.2, 0.25) is 0 Å². The molecule has 3 rings (SSSR count). The van der Waals surface area contributed by atoms with E-state index in [1.807, 2.05) is 0 Å². The molecule has 0 saturated heterocycles. The molecule has 1 amide bonds. The van der Waals surface area contributed by atoms with Crippen molar-refractivity contribution in [2.75, 3.05) is 5.32 Å². The fourth-order valence-corrected chi connectivity index (χ4v) is 3.41. The molecule has 1 N–H and O–H groups in total. The Morgan fingerprint density at radius 1 is 1.22 bits per heavy atom. The molecule has 5 nitrogen and oxygen atoms in total. The average molecular weight is 393 g/mol. The third kappa shape index (κ3) is 3.48. The van der Waals surface area contributed by atoms with Gasteiger partial charge in [-0.15, -0.1) is 16.4 Å². The van der Waals surface area contributed by atoms with Gasteiger partial charge in [0.05, 0.1) is 20.5 Å². The van der Waals surface area contributed by atoms with E-state index in [0.29, 0.717) is 14.2 Å². The van der Waals surface area contributed by atoms with Crippen molar-refractivity contribution in [3.63, 3.8) is 0 Å². The number of carbonyl (C=O) groups excluding carboxylic acids is 1. The molecular weight excluding hydrogens is 388 g/mol. The molecule has 0 atom stereocenters. The first-order valence-corrected chi connectivity index (χ1v) is 7.94. The van der Waals surface area contributed by atoms with Crippen LogP contribution in [0.15, 0.2) is 28.7 Å². The Kier molecular flexibility index (Phi) is 4.54. The van der Waals surface area contributed by atoms with Crippen LogP contribution in [-0.4, -0.2) is 16.1 Å². The van der Waals surface area contributed by atoms with E-state index in [1.165, 1.54) is 6.07 Å². The van der Waals surface area contributed by atoms with Crippen LogP contribution in [0, 0.1) is 5.82 Å². The Hall–Kier alpha value is -1.67. The molecule has 1 aromatic carbocycles. The Morgan fingerprint density at radius 3 is 2.65 bits per heavy atom. The molecule has 0 fully saturated rings. The van der Waals surface area contributed by atoms with Crippen molar-refractivity contribution in [1.29, 1.82) is 0 Å². The number of aromatic nitrogens is 2. The number of nitrogens with one attached hydrogen (secondary N) is 1. The molecule has 23 heavy (non-hydrogen) atoms. The predicted molar refractivity (Wildman–Crippen MR) is 87.0 cm³/mol. The molecule has 0 saturated carbocycles. The molecule has 10 heteroatoms. The number of benzene rings is 1. The summed E-state index contributed by atoms with van der Waals surface area (Å²) in [5.74, 6) is -1.05. The molecule has 0 unspecified atom stereocenters. The second-order valence-electron chi connectivity index (χ2n) is 4.23. The number of hydrogen-bond acceptors (Lipinski definition) is 5. The van der Waals surface area contributed by atoms with Gasteiger partial charge in [0.1, 0.15) is 10.2 Å². The summed E-state index contributed by atoms with van der Waals surface area (Å²) in [6, 6.07) is 4.82. The zero-order valence-corrected chi connectivity index (χ0v) is 14.0. The SMILES string of the molecule is O=C(Nc1nnc(-c2cc(Cl)sc2Cl)o1)c1ccc(F)cc1Cl. The highest BCUT2D eigenvalue weighted by molar-refractivity contribution is 7.20. The van der Waals surface area contributed by atoms with Crippen molar-refractivity contribution >= 4 is 58.1 Å². The number of hydrogen-bond donors (Lipinski definition) is 1. The summed E-state index contributed by atoms with van der Waals surface area (Å²) in [7, 11) is 0. The zero-order valence-electron chi connectivity index (χ0n) is 10.9. The average Bonchev–Trinajstić information content (AvgIpc) is 3.05. The normalized spacial score (nSPS) is 10.8. The molecule has 0 radical (unpaired) electrons. The standard InChI is InChI=1S/C13H5Cl3FN3O2S/c14-8-3-5(17)1-2-6(8)11(21)18-13-20-19-12(22-13)7-4-9(15)23-10(7)16/h1-4H,(H,18,20,21). The molecular formula is C13H5Cl3FN3O2S. The van der Waals surface area contributed by atoms with Gasteiger partial charge in [0.15, 0.2) is 0 Å². The van der Waals surface area contributed by atoms with E-state index in [0.717, 1.165) is 23.5 Å². The Labute approximate surface area is 148 Å².